The Morgan fingerprint density at radius 2 is 1.83 bits per heavy atom. The highest BCUT2D eigenvalue weighted by atomic mass is 16.5. The van der Waals surface area contributed by atoms with Gasteiger partial charge in [-0.1, -0.05) is 49.3 Å². The molecule has 7 N–H and O–H groups in total. The molecule has 11 nitrogen and oxygen atoms in total. The monoisotopic (exact) mass is 857 g/mol. The molecule has 63 heavy (non-hydrogen) atoms. The van der Waals surface area contributed by atoms with Crippen LogP contribution in [0.1, 0.15) is 97.1 Å². The van der Waals surface area contributed by atoms with Crippen molar-refractivity contribution in [2.75, 3.05) is 25.6 Å². The molecular weight excluding hydrogens is 799 g/mol. The van der Waals surface area contributed by atoms with E-state index in [1.54, 1.807) is 44.4 Å². The van der Waals surface area contributed by atoms with Crippen LogP contribution in [0.15, 0.2) is 84.7 Å². The Balaban J connectivity index is 1.17. The van der Waals surface area contributed by atoms with Crippen LogP contribution < -0.4 is 14.8 Å². The normalized spacial score (nSPS) is 20.8. The fraction of sp³-hybridized carbons (Fsp3) is 0.404. The molecule has 0 aromatic heterocycles. The summed E-state index contributed by atoms with van der Waals surface area (Å²) < 4.78 is 18.3. The van der Waals surface area contributed by atoms with Crippen LogP contribution in [0.2, 0.25) is 0 Å². The van der Waals surface area contributed by atoms with Gasteiger partial charge in [0.25, 0.3) is 0 Å². The van der Waals surface area contributed by atoms with Crippen LogP contribution in [-0.2, 0) is 35.4 Å². The van der Waals surface area contributed by atoms with Crippen molar-refractivity contribution in [1.29, 1.82) is 0 Å². The van der Waals surface area contributed by atoms with Crippen LogP contribution in [-0.4, -0.2) is 68.9 Å². The third-order valence-corrected chi connectivity index (χ3v) is 12.6. The summed E-state index contributed by atoms with van der Waals surface area (Å²) in [6.07, 6.45) is 12.7. The minimum Gasteiger partial charge on any atom is -0.508 e. The molecule has 0 amide bonds. The second-order valence-corrected chi connectivity index (χ2v) is 17.2. The lowest BCUT2D eigenvalue weighted by Crippen LogP contribution is -2.26. The van der Waals surface area contributed by atoms with Gasteiger partial charge in [-0.2, -0.15) is 0 Å². The van der Waals surface area contributed by atoms with Gasteiger partial charge in [-0.25, -0.2) is 0 Å². The quantitative estimate of drug-likeness (QED) is 0.0511. The number of aliphatic hydroxyl groups excluding tert-OH is 4. The van der Waals surface area contributed by atoms with E-state index in [1.165, 1.54) is 0 Å². The van der Waals surface area contributed by atoms with E-state index in [0.29, 0.717) is 53.8 Å². The summed E-state index contributed by atoms with van der Waals surface area (Å²) in [6, 6.07) is 17.0. The fourth-order valence-electron chi connectivity index (χ4n) is 9.13. The van der Waals surface area contributed by atoms with Crippen molar-refractivity contribution in [2.24, 2.45) is 17.8 Å². The topological polar surface area (TPSA) is 178 Å². The summed E-state index contributed by atoms with van der Waals surface area (Å²) in [4.78, 5) is 13.8. The van der Waals surface area contributed by atoms with Gasteiger partial charge in [0.2, 0.25) is 0 Å². The molecule has 6 bridgehead atoms. The third-order valence-electron chi connectivity index (χ3n) is 12.6. The Bertz CT molecular complexity index is 2440. The molecule has 0 fully saturated rings. The number of phenols is 1. The van der Waals surface area contributed by atoms with Crippen LogP contribution in [0.25, 0.3) is 16.8 Å². The first-order valence-corrected chi connectivity index (χ1v) is 21.9. The number of carbonyl (C=O) groups excluding carboxylic acids is 1. The third kappa shape index (κ3) is 11.1. The van der Waals surface area contributed by atoms with Gasteiger partial charge in [0.1, 0.15) is 36.1 Å². The Morgan fingerprint density at radius 3 is 2.60 bits per heavy atom. The first kappa shape index (κ1) is 45.3. The molecule has 0 radical (unpaired) electrons. The van der Waals surface area contributed by atoms with Crippen molar-refractivity contribution < 1.29 is 49.6 Å². The smallest absolute Gasteiger partial charge is 0.178 e. The molecule has 0 spiro atoms. The van der Waals surface area contributed by atoms with Crippen LogP contribution in [0.4, 0.5) is 5.69 Å². The van der Waals surface area contributed by atoms with Crippen LogP contribution in [0, 0.1) is 29.8 Å². The number of aromatic hydroxyl groups is 1. The molecule has 0 saturated heterocycles. The molecule has 2 aliphatic heterocycles. The maximum absolute atomic E-state index is 13.8. The van der Waals surface area contributed by atoms with E-state index in [1.807, 2.05) is 49.4 Å². The van der Waals surface area contributed by atoms with Gasteiger partial charge in [-0.05, 0) is 138 Å². The van der Waals surface area contributed by atoms with Crippen molar-refractivity contribution >= 4 is 28.3 Å². The van der Waals surface area contributed by atoms with Crippen molar-refractivity contribution in [1.82, 2.24) is 0 Å². The Morgan fingerprint density at radius 1 is 0.984 bits per heavy atom. The summed E-state index contributed by atoms with van der Waals surface area (Å²) in [6.45, 7) is 4.21. The number of hydrogen-bond acceptors (Lipinski definition) is 11. The summed E-state index contributed by atoms with van der Waals surface area (Å²) in [5.74, 6) is 3.83. The van der Waals surface area contributed by atoms with Crippen molar-refractivity contribution in [2.45, 2.75) is 96.2 Å². The second kappa shape index (κ2) is 20.6. The number of carbonyl (C=O) groups is 1. The maximum Gasteiger partial charge on any atom is 0.178 e. The molecule has 4 aromatic carbocycles. The molecule has 6 atom stereocenters. The summed E-state index contributed by atoms with van der Waals surface area (Å²) >= 11 is 0. The van der Waals surface area contributed by atoms with Crippen molar-refractivity contribution in [3.63, 3.8) is 0 Å². The predicted molar refractivity (Wildman–Crippen MR) is 243 cm³/mol. The zero-order chi connectivity index (χ0) is 44.6. The molecule has 11 heteroatoms. The number of benzene rings is 4. The molecule has 4 aromatic rings. The van der Waals surface area contributed by atoms with E-state index in [9.17, 15) is 35.4 Å². The van der Waals surface area contributed by atoms with E-state index in [4.69, 9.17) is 14.2 Å². The van der Waals surface area contributed by atoms with Crippen LogP contribution in [0.3, 0.4) is 0 Å². The number of anilines is 1. The second-order valence-electron chi connectivity index (χ2n) is 17.2. The average Bonchev–Trinajstić information content (AvgIpc) is 3.26. The zero-order valence-electron chi connectivity index (χ0n) is 36.2. The molecule has 2 heterocycles. The van der Waals surface area contributed by atoms with Gasteiger partial charge in [-0.3, -0.25) is 4.79 Å². The number of fused-ring (bicyclic) bond motifs is 9. The number of hydrogen-bond donors (Lipinski definition) is 7. The summed E-state index contributed by atoms with van der Waals surface area (Å²) in [7, 11) is 1.55. The molecule has 0 saturated carbocycles. The summed E-state index contributed by atoms with van der Waals surface area (Å²) in [5, 5.41) is 68.6. The van der Waals surface area contributed by atoms with E-state index in [2.05, 4.69) is 29.5 Å². The number of Topliss-reactive ketones (excluding diaryl/α,β-unsaturated/α-hetero) is 1. The van der Waals surface area contributed by atoms with E-state index < -0.39 is 18.5 Å². The lowest BCUT2D eigenvalue weighted by Gasteiger charge is -2.30. The average molecular weight is 858 g/mol. The van der Waals surface area contributed by atoms with Gasteiger partial charge in [0.15, 0.2) is 17.8 Å². The Labute approximate surface area is 369 Å². The van der Waals surface area contributed by atoms with Crippen LogP contribution in [0.5, 0.6) is 17.2 Å². The number of ketones is 1. The zero-order valence-corrected chi connectivity index (χ0v) is 36.2. The number of rotatable bonds is 13. The van der Waals surface area contributed by atoms with Crippen molar-refractivity contribution in [3.8, 4) is 29.3 Å². The molecule has 8 rings (SSSR count). The molecule has 2 aliphatic carbocycles. The lowest BCUT2D eigenvalue weighted by molar-refractivity contribution is -0.121. The first-order valence-electron chi connectivity index (χ1n) is 21.9. The number of methoxy groups -OCH3 is 1. The number of phenolic OH excluding ortho intramolecular Hbond substituents is 1. The van der Waals surface area contributed by atoms with Gasteiger partial charge < -0.3 is 50.2 Å². The standard InChI is InChI=1S/C52H59NO10/c1-31-9-17-43-47-30-63-50-22-34(13-18-49(50)61-3)12-15-40(57)25-41(62-19-5-8-42-45(26-46(47)52(59)60)51(43)44(31)27-48(42)58)24-37-23-39(56)16-14-36(37)20-35(29-54)11-10-33-6-4-7-38(21-33)53-28-32(2)55/h4,6-7,9,13-14,16-18,21-23,26-27,31-32,35-37,41,52-56,58-60H,8,10-12,15,20,24-25,28-30H2,1-3H3. The largest absolute Gasteiger partial charge is 0.508 e. The molecule has 4 aliphatic rings. The van der Waals surface area contributed by atoms with Gasteiger partial charge in [0.05, 0.1) is 13.2 Å². The first-order chi connectivity index (χ1) is 30.4. The number of ether oxygens (including phenoxy) is 3. The number of aliphatic hydroxyl groups is 5. The van der Waals surface area contributed by atoms with E-state index in [-0.39, 0.29) is 79.0 Å². The fourth-order valence-corrected chi connectivity index (χ4v) is 9.13. The molecule has 332 valence electrons. The minimum absolute atomic E-state index is 0.00177. The van der Waals surface area contributed by atoms with Crippen LogP contribution >= 0.6 is 0 Å². The van der Waals surface area contributed by atoms with Gasteiger partial charge in [0, 0.05) is 60.7 Å². The van der Waals surface area contributed by atoms with Gasteiger partial charge in [-0.15, -0.1) is 0 Å². The van der Waals surface area contributed by atoms with Gasteiger partial charge >= 0.3 is 0 Å². The number of aryl methyl sites for hydroxylation is 2. The van der Waals surface area contributed by atoms with E-state index >= 15 is 0 Å². The number of allylic oxidation sites excluding steroid dienone is 4. The highest BCUT2D eigenvalue weighted by Gasteiger charge is 2.30. The highest BCUT2D eigenvalue weighted by Crippen LogP contribution is 2.44. The Kier molecular flexibility index (Phi) is 14.8. The highest BCUT2D eigenvalue weighted by molar-refractivity contribution is 6.01. The lowest BCUT2D eigenvalue weighted by atomic mass is 9.77. The predicted octanol–water partition coefficient (Wildman–Crippen LogP) is 8.10. The van der Waals surface area contributed by atoms with Crippen molar-refractivity contribution in [3.05, 3.63) is 124 Å². The SMILES string of the molecule is COc1ccc2cc1OCc1c(C(O)O)cc3c(c(O)cc4c3c1C=CC4C)CC#COC(CC1C=C(O)C=CC1CC(CO)CCc1cccc(NCC(C)O)c1)CC(=O)CC2. The minimum atomic E-state index is -1.83. The molecular formula is C52H59NO10. The summed E-state index contributed by atoms with van der Waals surface area (Å²) in [5.41, 5.74) is 5.90. The maximum atomic E-state index is 13.8. The molecule has 6 unspecified atom stereocenters. The number of nitrogens with one attached hydrogen (secondary N) is 1. The Hall–Kier alpha value is -5.77. The van der Waals surface area contributed by atoms with E-state index in [0.717, 1.165) is 46.2 Å².